The molecule has 0 aliphatic carbocycles. The first-order valence-corrected chi connectivity index (χ1v) is 7.81. The normalized spacial score (nSPS) is 11.6. The molecule has 0 aliphatic heterocycles. The number of anilines is 1. The maximum Gasteiger partial charge on any atom is 0.191 e. The minimum atomic E-state index is 0.699. The monoisotopic (exact) mass is 290 g/mol. The van der Waals surface area contributed by atoms with Crippen LogP contribution >= 0.6 is 0 Å². The molecule has 1 aromatic rings. The molecule has 4 heteroatoms. The summed E-state index contributed by atoms with van der Waals surface area (Å²) in [6.07, 6.45) is 1.15. The predicted molar refractivity (Wildman–Crippen MR) is 93.0 cm³/mol. The second-order valence-electron chi connectivity index (χ2n) is 5.87. The molecule has 0 amide bonds. The van der Waals surface area contributed by atoms with Crippen LogP contribution in [0.25, 0.3) is 0 Å². The van der Waals surface area contributed by atoms with Crippen LogP contribution in [0, 0.1) is 5.92 Å². The Hall–Kier alpha value is -1.71. The summed E-state index contributed by atoms with van der Waals surface area (Å²) in [5, 5.41) is 6.67. The summed E-state index contributed by atoms with van der Waals surface area (Å²) < 4.78 is 0. The third-order valence-electron chi connectivity index (χ3n) is 3.23. The fourth-order valence-electron chi connectivity index (χ4n) is 1.89. The lowest BCUT2D eigenvalue weighted by molar-refractivity contribution is 0.573. The summed E-state index contributed by atoms with van der Waals surface area (Å²) in [4.78, 5) is 6.74. The van der Waals surface area contributed by atoms with E-state index in [9.17, 15) is 0 Å². The largest absolute Gasteiger partial charge is 0.378 e. The molecular weight excluding hydrogens is 260 g/mol. The van der Waals surface area contributed by atoms with E-state index in [4.69, 9.17) is 0 Å². The maximum absolute atomic E-state index is 4.64. The van der Waals surface area contributed by atoms with Gasteiger partial charge in [-0.05, 0) is 37.0 Å². The number of nitrogens with one attached hydrogen (secondary N) is 2. The SMILES string of the molecule is CCNC(=NCc1ccc(N(C)C)cc1)NCCC(C)C. The van der Waals surface area contributed by atoms with E-state index in [-0.39, 0.29) is 0 Å². The van der Waals surface area contributed by atoms with Crippen molar-refractivity contribution in [2.45, 2.75) is 33.7 Å². The van der Waals surface area contributed by atoms with Crippen molar-refractivity contribution in [2.24, 2.45) is 10.9 Å². The molecule has 2 N–H and O–H groups in total. The van der Waals surface area contributed by atoms with E-state index >= 15 is 0 Å². The highest BCUT2D eigenvalue weighted by molar-refractivity contribution is 5.79. The number of nitrogens with zero attached hydrogens (tertiary/aromatic N) is 2. The van der Waals surface area contributed by atoms with Crippen molar-refractivity contribution in [2.75, 3.05) is 32.1 Å². The first-order chi connectivity index (χ1) is 10.0. The average Bonchev–Trinajstić information content (AvgIpc) is 2.44. The molecule has 0 unspecified atom stereocenters. The molecule has 0 aliphatic rings. The zero-order valence-corrected chi connectivity index (χ0v) is 14.1. The summed E-state index contributed by atoms with van der Waals surface area (Å²) in [5.41, 5.74) is 2.44. The van der Waals surface area contributed by atoms with Crippen molar-refractivity contribution in [1.29, 1.82) is 0 Å². The standard InChI is InChI=1S/C17H30N4/c1-6-18-17(19-12-11-14(2)3)20-13-15-7-9-16(10-8-15)21(4)5/h7-10,14H,6,11-13H2,1-5H3,(H2,18,19,20). The Bertz CT molecular complexity index is 421. The van der Waals surface area contributed by atoms with E-state index in [0.717, 1.165) is 25.5 Å². The Morgan fingerprint density at radius 1 is 1.14 bits per heavy atom. The van der Waals surface area contributed by atoms with E-state index in [2.05, 4.69) is 79.7 Å². The summed E-state index contributed by atoms with van der Waals surface area (Å²) in [5.74, 6) is 1.61. The molecule has 0 fully saturated rings. The van der Waals surface area contributed by atoms with Crippen LogP contribution in [-0.2, 0) is 6.54 Å². The van der Waals surface area contributed by atoms with Crippen LogP contribution in [0.4, 0.5) is 5.69 Å². The molecule has 0 radical (unpaired) electrons. The molecular formula is C17H30N4. The number of guanidine groups is 1. The third kappa shape index (κ3) is 7.02. The molecule has 0 spiro atoms. The van der Waals surface area contributed by atoms with Gasteiger partial charge in [0.2, 0.25) is 0 Å². The fraction of sp³-hybridized carbons (Fsp3) is 0.588. The molecule has 21 heavy (non-hydrogen) atoms. The lowest BCUT2D eigenvalue weighted by atomic mass is 10.1. The maximum atomic E-state index is 4.64. The van der Waals surface area contributed by atoms with Crippen LogP contribution in [0.2, 0.25) is 0 Å². The van der Waals surface area contributed by atoms with Crippen LogP contribution in [0.3, 0.4) is 0 Å². The Morgan fingerprint density at radius 3 is 2.33 bits per heavy atom. The molecule has 1 aromatic carbocycles. The van der Waals surface area contributed by atoms with Crippen LogP contribution < -0.4 is 15.5 Å². The zero-order chi connectivity index (χ0) is 15.7. The Balaban J connectivity index is 2.55. The van der Waals surface area contributed by atoms with Crippen molar-refractivity contribution in [1.82, 2.24) is 10.6 Å². The van der Waals surface area contributed by atoms with Crippen molar-refractivity contribution in [3.05, 3.63) is 29.8 Å². The van der Waals surface area contributed by atoms with Crippen LogP contribution in [0.1, 0.15) is 32.8 Å². The lowest BCUT2D eigenvalue weighted by Crippen LogP contribution is -2.38. The number of benzene rings is 1. The average molecular weight is 290 g/mol. The lowest BCUT2D eigenvalue weighted by Gasteiger charge is -2.13. The highest BCUT2D eigenvalue weighted by Gasteiger charge is 2.00. The minimum Gasteiger partial charge on any atom is -0.378 e. The van der Waals surface area contributed by atoms with Gasteiger partial charge in [0.05, 0.1) is 6.54 Å². The van der Waals surface area contributed by atoms with Gasteiger partial charge in [0.25, 0.3) is 0 Å². The van der Waals surface area contributed by atoms with Gasteiger partial charge in [-0.3, -0.25) is 0 Å². The number of rotatable bonds is 7. The van der Waals surface area contributed by atoms with Gasteiger partial charge in [-0.1, -0.05) is 26.0 Å². The Morgan fingerprint density at radius 2 is 1.81 bits per heavy atom. The predicted octanol–water partition coefficient (Wildman–Crippen LogP) is 2.85. The molecule has 0 saturated heterocycles. The highest BCUT2D eigenvalue weighted by atomic mass is 15.2. The third-order valence-corrected chi connectivity index (χ3v) is 3.23. The second-order valence-corrected chi connectivity index (χ2v) is 5.87. The van der Waals surface area contributed by atoms with Gasteiger partial charge < -0.3 is 15.5 Å². The van der Waals surface area contributed by atoms with E-state index in [1.807, 2.05) is 0 Å². The van der Waals surface area contributed by atoms with Crippen LogP contribution in [-0.4, -0.2) is 33.1 Å². The minimum absolute atomic E-state index is 0.699. The van der Waals surface area contributed by atoms with Crippen LogP contribution in [0.15, 0.2) is 29.3 Å². The molecule has 0 aromatic heterocycles. The molecule has 118 valence electrons. The van der Waals surface area contributed by atoms with E-state index in [0.29, 0.717) is 12.5 Å². The summed E-state index contributed by atoms with van der Waals surface area (Å²) in [7, 11) is 4.10. The summed E-state index contributed by atoms with van der Waals surface area (Å²) >= 11 is 0. The first kappa shape index (κ1) is 17.3. The molecule has 4 nitrogen and oxygen atoms in total. The van der Waals surface area contributed by atoms with E-state index in [1.54, 1.807) is 0 Å². The first-order valence-electron chi connectivity index (χ1n) is 7.81. The van der Waals surface area contributed by atoms with Crippen molar-refractivity contribution >= 4 is 11.6 Å². The Labute approximate surface area is 129 Å². The van der Waals surface area contributed by atoms with Gasteiger partial charge in [-0.2, -0.15) is 0 Å². The van der Waals surface area contributed by atoms with Gasteiger partial charge in [0, 0.05) is 32.9 Å². The molecule has 0 atom stereocenters. The van der Waals surface area contributed by atoms with Gasteiger partial charge in [-0.25, -0.2) is 4.99 Å². The fourth-order valence-corrected chi connectivity index (χ4v) is 1.89. The van der Waals surface area contributed by atoms with Gasteiger partial charge >= 0.3 is 0 Å². The topological polar surface area (TPSA) is 39.7 Å². The number of hydrogen-bond acceptors (Lipinski definition) is 2. The number of hydrogen-bond donors (Lipinski definition) is 2. The van der Waals surface area contributed by atoms with E-state index < -0.39 is 0 Å². The van der Waals surface area contributed by atoms with E-state index in [1.165, 1.54) is 11.3 Å². The summed E-state index contributed by atoms with van der Waals surface area (Å²) in [6.45, 7) is 9.10. The zero-order valence-electron chi connectivity index (χ0n) is 14.1. The van der Waals surface area contributed by atoms with Gasteiger partial charge in [-0.15, -0.1) is 0 Å². The van der Waals surface area contributed by atoms with Crippen LogP contribution in [0.5, 0.6) is 0 Å². The number of aliphatic imine (C=N–C) groups is 1. The highest BCUT2D eigenvalue weighted by Crippen LogP contribution is 2.12. The van der Waals surface area contributed by atoms with Gasteiger partial charge in [0.15, 0.2) is 5.96 Å². The van der Waals surface area contributed by atoms with Crippen molar-refractivity contribution in [3.8, 4) is 0 Å². The summed E-state index contributed by atoms with van der Waals surface area (Å²) in [6, 6.07) is 8.53. The van der Waals surface area contributed by atoms with Gasteiger partial charge in [0.1, 0.15) is 0 Å². The molecule has 0 heterocycles. The molecule has 0 saturated carbocycles. The molecule has 1 rings (SSSR count). The smallest absolute Gasteiger partial charge is 0.191 e. The molecule has 0 bridgehead atoms. The quantitative estimate of drug-likeness (QED) is 0.599. The van der Waals surface area contributed by atoms with Crippen molar-refractivity contribution in [3.63, 3.8) is 0 Å². The Kier molecular flexibility index (Phi) is 7.65. The second kappa shape index (κ2) is 9.27. The van der Waals surface area contributed by atoms with Crippen molar-refractivity contribution < 1.29 is 0 Å².